The van der Waals surface area contributed by atoms with Gasteiger partial charge in [0.05, 0.1) is 23.1 Å². The van der Waals surface area contributed by atoms with Crippen LogP contribution in [-0.4, -0.2) is 44.9 Å². The normalized spacial score (nSPS) is 16.7. The number of nitro groups is 1. The third kappa shape index (κ3) is 4.07. The number of β-amino-alcohol motifs (C(OH)–C–C–N with tert-alkyl or cyclic N) is 1. The van der Waals surface area contributed by atoms with Gasteiger partial charge >= 0.3 is 0 Å². The molecule has 0 saturated carbocycles. The van der Waals surface area contributed by atoms with Crippen LogP contribution in [0.2, 0.25) is 0 Å². The maximum absolute atomic E-state index is 12.8. The fourth-order valence-electron chi connectivity index (χ4n) is 3.19. The number of non-ortho nitro benzene ring substituents is 1. The molecule has 0 spiro atoms. The molecule has 1 aliphatic rings. The predicted octanol–water partition coefficient (Wildman–Crippen LogP) is 2.57. The molecular weight excluding hydrogens is 376 g/mol. The van der Waals surface area contributed by atoms with Crippen LogP contribution in [0.3, 0.4) is 0 Å². The van der Waals surface area contributed by atoms with Crippen LogP contribution in [0.5, 0.6) is 0 Å². The number of rotatable bonds is 7. The molecule has 2 N–H and O–H groups in total. The first kappa shape index (κ1) is 20.0. The first-order valence-corrected chi connectivity index (χ1v) is 8.80. The van der Waals surface area contributed by atoms with Crippen molar-refractivity contribution in [1.29, 1.82) is 0 Å². The number of carbonyl (C=O) groups is 2. The number of carbonyl (C=O) groups excluding carboxylic acids is 2. The first-order valence-electron chi connectivity index (χ1n) is 8.80. The van der Waals surface area contributed by atoms with Gasteiger partial charge in [0.1, 0.15) is 0 Å². The molecule has 148 valence electrons. The van der Waals surface area contributed by atoms with Crippen LogP contribution in [-0.2, 0) is 9.59 Å². The van der Waals surface area contributed by atoms with Crippen molar-refractivity contribution < 1.29 is 24.7 Å². The summed E-state index contributed by atoms with van der Waals surface area (Å²) in [5.41, 5.74) is 0.906. The van der Waals surface area contributed by atoms with Gasteiger partial charge in [-0.2, -0.15) is 0 Å². The van der Waals surface area contributed by atoms with Crippen molar-refractivity contribution in [2.24, 2.45) is 0 Å². The van der Waals surface area contributed by atoms with Crippen LogP contribution >= 0.6 is 0 Å². The van der Waals surface area contributed by atoms with Gasteiger partial charge in [0, 0.05) is 18.7 Å². The molecule has 0 saturated heterocycles. The van der Waals surface area contributed by atoms with Gasteiger partial charge in [-0.25, -0.2) is 0 Å². The van der Waals surface area contributed by atoms with Gasteiger partial charge in [-0.1, -0.05) is 36.4 Å². The molecule has 3 rings (SSSR count). The number of allylic oxidation sites excluding steroid dienone is 1. The largest absolute Gasteiger partial charge is 0.503 e. The molecule has 1 aliphatic heterocycles. The number of ketones is 1. The Morgan fingerprint density at radius 2 is 1.79 bits per heavy atom. The van der Waals surface area contributed by atoms with Crippen molar-refractivity contribution in [2.75, 3.05) is 13.2 Å². The standard InChI is InChI=1S/C21H18N2O6/c24-13-12-22-19(15-7-9-16(10-8-15)23(28)29)18(20(26)21(22)27)17(25)11-6-14-4-2-1-3-5-14/h1-11,19,24,26H,12-13H2/b11-6+/t19-/m1/s1. The molecular formula is C21H18N2O6. The zero-order valence-electron chi connectivity index (χ0n) is 15.3. The Morgan fingerprint density at radius 3 is 2.38 bits per heavy atom. The van der Waals surface area contributed by atoms with Crippen LogP contribution in [0.25, 0.3) is 6.08 Å². The molecule has 0 fully saturated rings. The number of benzene rings is 2. The number of aliphatic hydroxyl groups is 2. The SMILES string of the molecule is O=C(/C=C/c1ccccc1)C1=C(O)C(=O)N(CCO)[C@@H]1c1ccc([N+](=O)[O-])cc1. The van der Waals surface area contributed by atoms with Gasteiger partial charge in [0.2, 0.25) is 0 Å². The molecule has 8 nitrogen and oxygen atoms in total. The smallest absolute Gasteiger partial charge is 0.290 e. The molecule has 8 heteroatoms. The second-order valence-corrected chi connectivity index (χ2v) is 6.34. The highest BCUT2D eigenvalue weighted by molar-refractivity contribution is 6.14. The zero-order valence-corrected chi connectivity index (χ0v) is 15.3. The maximum Gasteiger partial charge on any atom is 0.290 e. The van der Waals surface area contributed by atoms with E-state index in [1.807, 2.05) is 18.2 Å². The van der Waals surface area contributed by atoms with Crippen molar-refractivity contribution in [2.45, 2.75) is 6.04 Å². The molecule has 0 bridgehead atoms. The molecule has 29 heavy (non-hydrogen) atoms. The maximum atomic E-state index is 12.8. The molecule has 0 unspecified atom stereocenters. The van der Waals surface area contributed by atoms with Crippen LogP contribution < -0.4 is 0 Å². The Morgan fingerprint density at radius 1 is 1.14 bits per heavy atom. The summed E-state index contributed by atoms with van der Waals surface area (Å²) in [5, 5.41) is 30.5. The van der Waals surface area contributed by atoms with Crippen molar-refractivity contribution in [3.63, 3.8) is 0 Å². The second kappa shape index (κ2) is 8.49. The van der Waals surface area contributed by atoms with E-state index < -0.39 is 28.4 Å². The van der Waals surface area contributed by atoms with Gasteiger partial charge in [-0.15, -0.1) is 0 Å². The molecule has 2 aromatic carbocycles. The summed E-state index contributed by atoms with van der Waals surface area (Å²) in [6, 6.07) is 13.4. The van der Waals surface area contributed by atoms with Crippen molar-refractivity contribution >= 4 is 23.5 Å². The second-order valence-electron chi connectivity index (χ2n) is 6.34. The lowest BCUT2D eigenvalue weighted by atomic mass is 9.95. The summed E-state index contributed by atoms with van der Waals surface area (Å²) in [7, 11) is 0. The van der Waals surface area contributed by atoms with E-state index in [0.717, 1.165) is 5.56 Å². The van der Waals surface area contributed by atoms with Crippen molar-refractivity contribution in [1.82, 2.24) is 4.90 Å². The summed E-state index contributed by atoms with van der Waals surface area (Å²) in [5.74, 6) is -2.04. The Bertz CT molecular complexity index is 996. The number of amides is 1. The first-order chi connectivity index (χ1) is 13.9. The van der Waals surface area contributed by atoms with Crippen LogP contribution in [0.4, 0.5) is 5.69 Å². The van der Waals surface area contributed by atoms with Gasteiger partial charge in [-0.05, 0) is 29.3 Å². The quantitative estimate of drug-likeness (QED) is 0.423. The Hall–Kier alpha value is -3.78. The molecule has 0 aromatic heterocycles. The zero-order chi connectivity index (χ0) is 21.0. The number of nitrogens with zero attached hydrogens (tertiary/aromatic N) is 2. The minimum Gasteiger partial charge on any atom is -0.503 e. The van der Waals surface area contributed by atoms with Gasteiger partial charge in [0.15, 0.2) is 11.5 Å². The summed E-state index contributed by atoms with van der Waals surface area (Å²) in [6.07, 6.45) is 2.82. The van der Waals surface area contributed by atoms with Gasteiger partial charge in [-0.3, -0.25) is 19.7 Å². The average Bonchev–Trinajstić information content (AvgIpc) is 2.98. The fourth-order valence-corrected chi connectivity index (χ4v) is 3.19. The minimum atomic E-state index is -0.955. The molecule has 0 aliphatic carbocycles. The van der Waals surface area contributed by atoms with Gasteiger partial charge < -0.3 is 15.1 Å². The predicted molar refractivity (Wildman–Crippen MR) is 105 cm³/mol. The van der Waals surface area contributed by atoms with E-state index >= 15 is 0 Å². The third-order valence-corrected chi connectivity index (χ3v) is 4.56. The van der Waals surface area contributed by atoms with Gasteiger partial charge in [0.25, 0.3) is 11.6 Å². The minimum absolute atomic E-state index is 0.107. The van der Waals surface area contributed by atoms with E-state index in [9.17, 15) is 29.9 Å². The topological polar surface area (TPSA) is 121 Å². The molecule has 1 atom stereocenters. The van der Waals surface area contributed by atoms with Crippen LogP contribution in [0.15, 0.2) is 72.0 Å². The Kier molecular flexibility index (Phi) is 5.85. The van der Waals surface area contributed by atoms with Crippen LogP contribution in [0.1, 0.15) is 17.2 Å². The number of aliphatic hydroxyl groups excluding tert-OH is 2. The Balaban J connectivity index is 1.99. The van der Waals surface area contributed by atoms with Crippen LogP contribution in [0, 0.1) is 10.1 Å². The lowest BCUT2D eigenvalue weighted by molar-refractivity contribution is -0.384. The summed E-state index contributed by atoms with van der Waals surface area (Å²) >= 11 is 0. The molecule has 0 radical (unpaired) electrons. The number of hydrogen-bond acceptors (Lipinski definition) is 6. The average molecular weight is 394 g/mol. The monoisotopic (exact) mass is 394 g/mol. The Labute approximate surface area is 166 Å². The van der Waals surface area contributed by atoms with E-state index in [1.54, 1.807) is 18.2 Å². The van der Waals surface area contributed by atoms with Crippen molar-refractivity contribution in [3.8, 4) is 0 Å². The summed E-state index contributed by atoms with van der Waals surface area (Å²) in [4.78, 5) is 36.8. The number of nitro benzene ring substituents is 1. The van der Waals surface area contributed by atoms with E-state index in [-0.39, 0.29) is 24.4 Å². The molecule has 1 amide bonds. The highest BCUT2D eigenvalue weighted by Gasteiger charge is 2.42. The third-order valence-electron chi connectivity index (χ3n) is 4.56. The highest BCUT2D eigenvalue weighted by Crippen LogP contribution is 2.38. The number of hydrogen-bond donors (Lipinski definition) is 2. The lowest BCUT2D eigenvalue weighted by Crippen LogP contribution is -2.33. The summed E-state index contributed by atoms with van der Waals surface area (Å²) < 4.78 is 0. The van der Waals surface area contributed by atoms with E-state index in [1.165, 1.54) is 35.2 Å². The van der Waals surface area contributed by atoms with E-state index in [4.69, 9.17) is 0 Å². The van der Waals surface area contributed by atoms with Crippen molar-refractivity contribution in [3.05, 3.63) is 93.2 Å². The molecule has 1 heterocycles. The fraction of sp³-hybridized carbons (Fsp3) is 0.143. The lowest BCUT2D eigenvalue weighted by Gasteiger charge is -2.25. The van der Waals surface area contributed by atoms with E-state index in [2.05, 4.69) is 0 Å². The van der Waals surface area contributed by atoms with E-state index in [0.29, 0.717) is 5.56 Å². The summed E-state index contributed by atoms with van der Waals surface area (Å²) in [6.45, 7) is -0.479. The highest BCUT2D eigenvalue weighted by atomic mass is 16.6. The molecule has 2 aromatic rings.